The van der Waals surface area contributed by atoms with Crippen molar-refractivity contribution < 1.29 is 8.42 Å². The number of nitrogen functional groups attached to an aromatic ring is 1. The molecular weight excluding hydrogens is 346 g/mol. The molecule has 0 saturated heterocycles. The van der Waals surface area contributed by atoms with Crippen molar-refractivity contribution in [1.82, 2.24) is 0 Å². The number of benzene rings is 2. The first-order valence-electron chi connectivity index (χ1n) is 6.70. The van der Waals surface area contributed by atoms with Crippen LogP contribution in [0.1, 0.15) is 5.56 Å². The van der Waals surface area contributed by atoms with Crippen LogP contribution in [-0.4, -0.2) is 14.3 Å². The van der Waals surface area contributed by atoms with Crippen LogP contribution >= 0.6 is 11.3 Å². The summed E-state index contributed by atoms with van der Waals surface area (Å²) in [5.41, 5.74) is 7.21. The zero-order chi connectivity index (χ0) is 17.9. The summed E-state index contributed by atoms with van der Waals surface area (Å²) in [4.78, 5) is -0.132. The van der Waals surface area contributed by atoms with Crippen LogP contribution in [-0.2, 0) is 10.0 Å². The lowest BCUT2D eigenvalue weighted by molar-refractivity contribution is 0.597. The highest BCUT2D eigenvalue weighted by Crippen LogP contribution is 2.37. The number of sulfonamides is 1. The summed E-state index contributed by atoms with van der Waals surface area (Å²) >= 11 is 1.55. The van der Waals surface area contributed by atoms with Gasteiger partial charge in [0.2, 0.25) is 10.0 Å². The van der Waals surface area contributed by atoms with E-state index in [9.17, 15) is 8.42 Å². The summed E-state index contributed by atoms with van der Waals surface area (Å²) in [6, 6.07) is 12.5. The van der Waals surface area contributed by atoms with Crippen LogP contribution in [0, 0.1) is 5.41 Å². The number of fused-ring (bicyclic) bond motifs is 1. The molecule has 7 nitrogen and oxygen atoms in total. The molecule has 0 aliphatic rings. The number of nitrogens with one attached hydrogen (secondary N) is 1. The van der Waals surface area contributed by atoms with Gasteiger partial charge in [-0.3, -0.25) is 17.1 Å². The Balaban J connectivity index is 0.00000100. The maximum absolute atomic E-state index is 11.8. The third kappa shape index (κ3) is 3.30. The van der Waals surface area contributed by atoms with Crippen LogP contribution in [0.4, 0.5) is 0 Å². The summed E-state index contributed by atoms with van der Waals surface area (Å²) in [7, 11) is -3.96. The van der Waals surface area contributed by atoms with E-state index in [4.69, 9.17) is 16.3 Å². The zero-order valence-electron chi connectivity index (χ0n) is 12.6. The summed E-state index contributed by atoms with van der Waals surface area (Å²) in [5, 5.41) is 15.9. The van der Waals surface area contributed by atoms with E-state index < -0.39 is 10.0 Å². The number of hydrogen-bond donors (Lipinski definition) is 5. The molecule has 0 aliphatic heterocycles. The fourth-order valence-electron chi connectivity index (χ4n) is 2.46. The molecule has 0 radical (unpaired) electrons. The summed E-state index contributed by atoms with van der Waals surface area (Å²) in [6.07, 6.45) is 0. The molecule has 126 valence electrons. The number of hydrazine groups is 1. The third-order valence-electron chi connectivity index (χ3n) is 3.37. The Bertz CT molecular complexity index is 996. The van der Waals surface area contributed by atoms with Crippen molar-refractivity contribution in [3.05, 3.63) is 53.4 Å². The number of thiophene rings is 1. The highest BCUT2D eigenvalue weighted by Gasteiger charge is 2.21. The Kier molecular flexibility index (Phi) is 5.32. The minimum absolute atomic E-state index is 0.132. The fourth-order valence-corrected chi connectivity index (χ4v) is 4.19. The second kappa shape index (κ2) is 7.07. The molecule has 24 heavy (non-hydrogen) atoms. The lowest BCUT2D eigenvalue weighted by Crippen LogP contribution is -2.21. The van der Waals surface area contributed by atoms with Gasteiger partial charge in [0, 0.05) is 21.2 Å². The average molecular weight is 363 g/mol. The maximum atomic E-state index is 11.8. The SMILES string of the molecule is N=C(N)c1c(-c2csc3ccccc23)cccc1S(N)(=O)=O.NN. The van der Waals surface area contributed by atoms with Crippen molar-refractivity contribution in [1.29, 1.82) is 5.41 Å². The molecule has 0 aliphatic carbocycles. The van der Waals surface area contributed by atoms with E-state index in [1.54, 1.807) is 23.5 Å². The van der Waals surface area contributed by atoms with Gasteiger partial charge in [-0.25, -0.2) is 13.6 Å². The molecule has 0 spiro atoms. The standard InChI is InChI=1S/C15H13N3O2S2.H4N2/c16-15(17)14-10(5-3-7-13(14)22(18,19)20)11-8-21-12-6-2-1-4-9(11)12;1-2/h1-8H,(H3,16,17)(H2,18,19,20);1-2H2. The minimum Gasteiger partial charge on any atom is -0.384 e. The number of primary sulfonamides is 1. The molecular formula is C15H17N5O2S2. The predicted molar refractivity (Wildman–Crippen MR) is 98.0 cm³/mol. The Morgan fingerprint density at radius 1 is 1.00 bits per heavy atom. The first-order valence-corrected chi connectivity index (χ1v) is 9.12. The van der Waals surface area contributed by atoms with E-state index >= 15 is 0 Å². The Morgan fingerprint density at radius 2 is 1.67 bits per heavy atom. The van der Waals surface area contributed by atoms with E-state index in [1.165, 1.54) is 6.07 Å². The Hall–Kier alpha value is -2.30. The molecule has 0 fully saturated rings. The van der Waals surface area contributed by atoms with Crippen molar-refractivity contribution in [2.75, 3.05) is 0 Å². The Morgan fingerprint density at radius 3 is 2.29 bits per heavy atom. The van der Waals surface area contributed by atoms with Crippen LogP contribution < -0.4 is 22.6 Å². The first-order chi connectivity index (χ1) is 11.4. The molecule has 3 rings (SSSR count). The van der Waals surface area contributed by atoms with Gasteiger partial charge in [-0.1, -0.05) is 30.3 Å². The van der Waals surface area contributed by atoms with E-state index in [0.29, 0.717) is 5.56 Å². The van der Waals surface area contributed by atoms with E-state index in [0.717, 1.165) is 15.6 Å². The maximum Gasteiger partial charge on any atom is 0.238 e. The summed E-state index contributed by atoms with van der Waals surface area (Å²) in [5.74, 6) is 7.68. The van der Waals surface area contributed by atoms with Gasteiger partial charge in [-0.15, -0.1) is 11.3 Å². The monoisotopic (exact) mass is 363 g/mol. The topological polar surface area (TPSA) is 162 Å². The molecule has 2 aromatic carbocycles. The molecule has 3 aromatic rings. The van der Waals surface area contributed by atoms with Gasteiger partial charge < -0.3 is 5.73 Å². The molecule has 0 unspecified atom stereocenters. The van der Waals surface area contributed by atoms with Gasteiger partial charge in [0.1, 0.15) is 5.84 Å². The van der Waals surface area contributed by atoms with Crippen LogP contribution in [0.3, 0.4) is 0 Å². The van der Waals surface area contributed by atoms with E-state index in [1.807, 2.05) is 29.6 Å². The van der Waals surface area contributed by atoms with Crippen molar-refractivity contribution in [3.8, 4) is 11.1 Å². The first kappa shape index (κ1) is 18.0. The third-order valence-corrected chi connectivity index (χ3v) is 5.29. The number of hydrogen-bond acceptors (Lipinski definition) is 6. The van der Waals surface area contributed by atoms with Gasteiger partial charge >= 0.3 is 0 Å². The molecule has 0 amide bonds. The van der Waals surface area contributed by atoms with Crippen LogP contribution in [0.25, 0.3) is 21.2 Å². The molecule has 1 aromatic heterocycles. The van der Waals surface area contributed by atoms with Gasteiger partial charge in [0.25, 0.3) is 0 Å². The quantitative estimate of drug-likeness (QED) is 0.205. The molecule has 0 saturated carbocycles. The second-order valence-corrected chi connectivity index (χ2v) is 7.22. The highest BCUT2D eigenvalue weighted by atomic mass is 32.2. The summed E-state index contributed by atoms with van der Waals surface area (Å²) < 4.78 is 24.6. The smallest absolute Gasteiger partial charge is 0.238 e. The van der Waals surface area contributed by atoms with Crippen molar-refractivity contribution in [2.24, 2.45) is 22.6 Å². The molecule has 9 heteroatoms. The van der Waals surface area contributed by atoms with Gasteiger partial charge in [-0.05, 0) is 23.1 Å². The second-order valence-electron chi connectivity index (χ2n) is 4.78. The lowest BCUT2D eigenvalue weighted by Gasteiger charge is -2.12. The van der Waals surface area contributed by atoms with E-state index in [2.05, 4.69) is 11.7 Å². The predicted octanol–water partition coefficient (Wildman–Crippen LogP) is 1.32. The number of rotatable bonds is 3. The van der Waals surface area contributed by atoms with Gasteiger partial charge in [0.05, 0.1) is 4.90 Å². The number of nitrogens with two attached hydrogens (primary N) is 4. The zero-order valence-corrected chi connectivity index (χ0v) is 14.2. The minimum atomic E-state index is -3.96. The molecule has 0 atom stereocenters. The van der Waals surface area contributed by atoms with Crippen molar-refractivity contribution in [3.63, 3.8) is 0 Å². The normalized spacial score (nSPS) is 11.0. The summed E-state index contributed by atoms with van der Waals surface area (Å²) in [6.45, 7) is 0. The van der Waals surface area contributed by atoms with Crippen LogP contribution in [0.15, 0.2) is 52.7 Å². The van der Waals surface area contributed by atoms with Gasteiger partial charge in [0.15, 0.2) is 0 Å². The number of amidine groups is 1. The van der Waals surface area contributed by atoms with Crippen molar-refractivity contribution in [2.45, 2.75) is 4.90 Å². The molecule has 9 N–H and O–H groups in total. The fraction of sp³-hybridized carbons (Fsp3) is 0. The van der Waals surface area contributed by atoms with Crippen LogP contribution in [0.2, 0.25) is 0 Å². The lowest BCUT2D eigenvalue weighted by atomic mass is 9.98. The van der Waals surface area contributed by atoms with Gasteiger partial charge in [-0.2, -0.15) is 0 Å². The largest absolute Gasteiger partial charge is 0.384 e. The van der Waals surface area contributed by atoms with Crippen LogP contribution in [0.5, 0.6) is 0 Å². The van der Waals surface area contributed by atoms with Crippen molar-refractivity contribution >= 4 is 37.3 Å². The highest BCUT2D eigenvalue weighted by molar-refractivity contribution is 7.89. The van der Waals surface area contributed by atoms with E-state index in [-0.39, 0.29) is 16.3 Å². The Labute approximate surface area is 143 Å². The molecule has 1 heterocycles. The molecule has 0 bridgehead atoms. The average Bonchev–Trinajstić information content (AvgIpc) is 2.99.